The van der Waals surface area contributed by atoms with Gasteiger partial charge in [-0.1, -0.05) is 90.5 Å². The van der Waals surface area contributed by atoms with Crippen molar-refractivity contribution in [3.63, 3.8) is 0 Å². The highest BCUT2D eigenvalue weighted by Crippen LogP contribution is 2.12. The third-order valence-corrected chi connectivity index (χ3v) is 4.82. The zero-order chi connectivity index (χ0) is 16.6. The first-order valence-corrected chi connectivity index (χ1v) is 10.4. The second-order valence-corrected chi connectivity index (χ2v) is 7.02. The molecule has 0 amide bonds. The van der Waals surface area contributed by atoms with Gasteiger partial charge >= 0.3 is 0 Å². The van der Waals surface area contributed by atoms with Gasteiger partial charge in [0.15, 0.2) is 11.9 Å². The molecule has 1 rings (SSSR count). The fraction of sp³-hybridized carbons (Fsp3) is 0.773. The van der Waals surface area contributed by atoms with E-state index in [4.69, 9.17) is 0 Å². The van der Waals surface area contributed by atoms with E-state index in [1.807, 2.05) is 0 Å². The van der Waals surface area contributed by atoms with Gasteiger partial charge in [-0.15, -0.1) is 0 Å². The molecule has 0 unspecified atom stereocenters. The Morgan fingerprint density at radius 3 is 1.79 bits per heavy atom. The summed E-state index contributed by atoms with van der Waals surface area (Å²) in [5.74, 6) is 0. The summed E-state index contributed by atoms with van der Waals surface area (Å²) in [7, 11) is 0. The number of aryl methyl sites for hydroxylation is 2. The monoisotopic (exact) mass is 353 g/mol. The Morgan fingerprint density at radius 1 is 0.667 bits per heavy atom. The molecular formula is C22H40ClN. The molecule has 0 saturated heterocycles. The molecule has 0 radical (unpaired) electrons. The molecule has 0 aliphatic carbocycles. The topological polar surface area (TPSA) is 3.88 Å². The third-order valence-electron chi connectivity index (χ3n) is 4.82. The van der Waals surface area contributed by atoms with Gasteiger partial charge in [-0.2, -0.15) is 0 Å². The molecule has 1 heterocycles. The first kappa shape index (κ1) is 23.4. The Labute approximate surface area is 157 Å². The lowest BCUT2D eigenvalue weighted by atomic mass is 10.0. The number of nitrogens with zero attached hydrogens (tertiary/aromatic N) is 1. The van der Waals surface area contributed by atoms with Crippen LogP contribution >= 0.6 is 0 Å². The van der Waals surface area contributed by atoms with Crippen molar-refractivity contribution in [2.24, 2.45) is 0 Å². The maximum absolute atomic E-state index is 2.46. The lowest BCUT2D eigenvalue weighted by Gasteiger charge is -2.04. The van der Waals surface area contributed by atoms with Crippen LogP contribution in [-0.2, 0) is 13.0 Å². The van der Waals surface area contributed by atoms with Crippen molar-refractivity contribution in [1.82, 2.24) is 0 Å². The van der Waals surface area contributed by atoms with Gasteiger partial charge in [0.1, 0.15) is 6.54 Å². The number of rotatable bonds is 15. The SMILES string of the molecule is CCCCCCCCCCCCCc1cccc[n+]1CCCC.[Cl-]. The van der Waals surface area contributed by atoms with Gasteiger partial charge < -0.3 is 12.4 Å². The summed E-state index contributed by atoms with van der Waals surface area (Å²) in [6.07, 6.45) is 21.8. The summed E-state index contributed by atoms with van der Waals surface area (Å²) in [6.45, 7) is 5.75. The van der Waals surface area contributed by atoms with E-state index in [0.717, 1.165) is 0 Å². The molecule has 24 heavy (non-hydrogen) atoms. The van der Waals surface area contributed by atoms with E-state index in [-0.39, 0.29) is 12.4 Å². The second-order valence-electron chi connectivity index (χ2n) is 7.02. The van der Waals surface area contributed by atoms with Crippen molar-refractivity contribution in [3.05, 3.63) is 30.1 Å². The van der Waals surface area contributed by atoms with E-state index in [1.54, 1.807) is 0 Å². The summed E-state index contributed by atoms with van der Waals surface area (Å²) in [5.41, 5.74) is 1.52. The molecule has 2 heteroatoms. The van der Waals surface area contributed by atoms with Gasteiger partial charge in [-0.05, 0) is 6.42 Å². The number of pyridine rings is 1. The maximum atomic E-state index is 2.46. The Morgan fingerprint density at radius 2 is 1.21 bits per heavy atom. The maximum Gasteiger partial charge on any atom is 0.181 e. The molecule has 0 atom stereocenters. The summed E-state index contributed by atoms with van der Waals surface area (Å²) in [5, 5.41) is 0. The normalized spacial score (nSPS) is 10.6. The molecule has 0 saturated carbocycles. The number of hydrogen-bond acceptors (Lipinski definition) is 0. The van der Waals surface area contributed by atoms with Crippen LogP contribution < -0.4 is 17.0 Å². The number of unbranched alkanes of at least 4 members (excludes halogenated alkanes) is 11. The average molecular weight is 354 g/mol. The van der Waals surface area contributed by atoms with Crippen LogP contribution in [0.5, 0.6) is 0 Å². The molecule has 0 N–H and O–H groups in total. The number of halogens is 1. The molecule has 0 bridgehead atoms. The van der Waals surface area contributed by atoms with Crippen molar-refractivity contribution >= 4 is 0 Å². The van der Waals surface area contributed by atoms with E-state index < -0.39 is 0 Å². The summed E-state index contributed by atoms with van der Waals surface area (Å²) >= 11 is 0. The van der Waals surface area contributed by atoms with Gasteiger partial charge in [0.05, 0.1) is 0 Å². The van der Waals surface area contributed by atoms with Crippen LogP contribution in [0.4, 0.5) is 0 Å². The standard InChI is InChI=1S/C22H40N.ClH/c1-3-5-7-8-9-10-11-12-13-14-15-18-22-19-16-17-21-23(22)20-6-4-2;/h16-17,19,21H,3-15,18,20H2,1-2H3;1H/q+1;/p-1. The molecule has 0 aliphatic rings. The second kappa shape index (κ2) is 17.3. The highest BCUT2D eigenvalue weighted by molar-refractivity contribution is 4.97. The van der Waals surface area contributed by atoms with Crippen LogP contribution in [0.2, 0.25) is 0 Å². The van der Waals surface area contributed by atoms with Crippen LogP contribution in [0.15, 0.2) is 24.4 Å². The van der Waals surface area contributed by atoms with Gasteiger partial charge in [0.2, 0.25) is 0 Å². The predicted molar refractivity (Wildman–Crippen MR) is 102 cm³/mol. The molecule has 1 aromatic rings. The molecule has 0 spiro atoms. The highest BCUT2D eigenvalue weighted by Gasteiger charge is 2.08. The smallest absolute Gasteiger partial charge is 0.181 e. The van der Waals surface area contributed by atoms with E-state index >= 15 is 0 Å². The average Bonchev–Trinajstić information content (AvgIpc) is 2.58. The molecule has 1 nitrogen and oxygen atoms in total. The largest absolute Gasteiger partial charge is 1.00 e. The van der Waals surface area contributed by atoms with Crippen molar-refractivity contribution in [2.75, 3.05) is 0 Å². The Kier molecular flexibility index (Phi) is 16.9. The van der Waals surface area contributed by atoms with E-state index in [1.165, 1.54) is 102 Å². The van der Waals surface area contributed by atoms with E-state index in [9.17, 15) is 0 Å². The van der Waals surface area contributed by atoms with Crippen molar-refractivity contribution in [1.29, 1.82) is 0 Å². The first-order valence-electron chi connectivity index (χ1n) is 10.4. The van der Waals surface area contributed by atoms with Crippen molar-refractivity contribution < 1.29 is 17.0 Å². The molecule has 0 aromatic carbocycles. The Hall–Kier alpha value is -0.560. The van der Waals surface area contributed by atoms with Crippen LogP contribution in [0.25, 0.3) is 0 Å². The van der Waals surface area contributed by atoms with E-state index in [2.05, 4.69) is 42.8 Å². The number of aromatic nitrogens is 1. The highest BCUT2D eigenvalue weighted by atomic mass is 35.5. The molecule has 140 valence electrons. The molecule has 0 fully saturated rings. The minimum Gasteiger partial charge on any atom is -1.00 e. The fourth-order valence-corrected chi connectivity index (χ4v) is 3.26. The van der Waals surface area contributed by atoms with Crippen LogP contribution in [-0.4, -0.2) is 0 Å². The first-order chi connectivity index (χ1) is 11.4. The van der Waals surface area contributed by atoms with Gasteiger partial charge in [0, 0.05) is 25.0 Å². The van der Waals surface area contributed by atoms with Crippen molar-refractivity contribution in [2.45, 2.75) is 110 Å². The number of hydrogen-bond donors (Lipinski definition) is 0. The summed E-state index contributed by atoms with van der Waals surface area (Å²) < 4.78 is 2.46. The lowest BCUT2D eigenvalue weighted by molar-refractivity contribution is -0.704. The Balaban J connectivity index is 0.00000529. The van der Waals surface area contributed by atoms with Gasteiger partial charge in [-0.3, -0.25) is 0 Å². The lowest BCUT2D eigenvalue weighted by Crippen LogP contribution is -3.00. The van der Waals surface area contributed by atoms with Crippen molar-refractivity contribution in [3.8, 4) is 0 Å². The third kappa shape index (κ3) is 11.9. The molecule has 1 aromatic heterocycles. The quantitative estimate of drug-likeness (QED) is 0.335. The predicted octanol–water partition coefficient (Wildman–Crippen LogP) is 3.63. The van der Waals surface area contributed by atoms with Crippen LogP contribution in [0.3, 0.4) is 0 Å². The zero-order valence-corrected chi connectivity index (χ0v) is 17.0. The van der Waals surface area contributed by atoms with Crippen LogP contribution in [0, 0.1) is 0 Å². The van der Waals surface area contributed by atoms with Gasteiger partial charge in [0.25, 0.3) is 0 Å². The fourth-order valence-electron chi connectivity index (χ4n) is 3.26. The minimum atomic E-state index is 0. The van der Waals surface area contributed by atoms with Gasteiger partial charge in [-0.25, -0.2) is 4.57 Å². The summed E-state index contributed by atoms with van der Waals surface area (Å²) in [6, 6.07) is 6.67. The molecular weight excluding hydrogens is 314 g/mol. The Bertz CT molecular complexity index is 378. The summed E-state index contributed by atoms with van der Waals surface area (Å²) in [4.78, 5) is 0. The molecule has 0 aliphatic heterocycles. The minimum absolute atomic E-state index is 0. The zero-order valence-electron chi connectivity index (χ0n) is 16.2. The van der Waals surface area contributed by atoms with Crippen LogP contribution in [0.1, 0.15) is 103 Å². The van der Waals surface area contributed by atoms with E-state index in [0.29, 0.717) is 0 Å².